The van der Waals surface area contributed by atoms with Crippen LogP contribution < -0.4 is 0 Å². The van der Waals surface area contributed by atoms with E-state index in [2.05, 4.69) is 48.9 Å². The Kier molecular flexibility index (Phi) is 3.48. The molecule has 0 saturated carbocycles. The standard InChI is InChI=1S/C15H18N4/c1-8(2)13-11(6-16)10(5)18-15-12(13)7-17-19-14(15)9(3)4/h7-9H,1-5H3. The Morgan fingerprint density at radius 1 is 1.16 bits per heavy atom. The normalized spacial score (nSPS) is 11.3. The predicted molar refractivity (Wildman–Crippen MR) is 75.0 cm³/mol. The zero-order chi connectivity index (χ0) is 14.2. The number of nitrogens with zero attached hydrogens (tertiary/aromatic N) is 4. The van der Waals surface area contributed by atoms with Gasteiger partial charge in [-0.25, -0.2) is 4.98 Å². The number of fused-ring (bicyclic) bond motifs is 1. The first-order valence-corrected chi connectivity index (χ1v) is 6.53. The predicted octanol–water partition coefficient (Wildman–Crippen LogP) is 3.45. The number of nitriles is 1. The van der Waals surface area contributed by atoms with Gasteiger partial charge in [-0.15, -0.1) is 0 Å². The Hall–Kier alpha value is -2.02. The minimum atomic E-state index is 0.253. The Morgan fingerprint density at radius 2 is 1.84 bits per heavy atom. The highest BCUT2D eigenvalue weighted by molar-refractivity contribution is 5.86. The van der Waals surface area contributed by atoms with Gasteiger partial charge in [0.2, 0.25) is 0 Å². The van der Waals surface area contributed by atoms with Gasteiger partial charge in [0.05, 0.1) is 28.7 Å². The molecule has 0 N–H and O–H groups in total. The summed E-state index contributed by atoms with van der Waals surface area (Å²) in [5.74, 6) is 0.513. The van der Waals surface area contributed by atoms with Gasteiger partial charge < -0.3 is 0 Å². The molecule has 0 atom stereocenters. The van der Waals surface area contributed by atoms with Crippen molar-refractivity contribution in [3.63, 3.8) is 0 Å². The molecule has 0 bridgehead atoms. The van der Waals surface area contributed by atoms with Gasteiger partial charge in [0.25, 0.3) is 0 Å². The van der Waals surface area contributed by atoms with E-state index in [4.69, 9.17) is 0 Å². The summed E-state index contributed by atoms with van der Waals surface area (Å²) in [6.07, 6.45) is 1.73. The van der Waals surface area contributed by atoms with Crippen LogP contribution in [0.2, 0.25) is 0 Å². The topological polar surface area (TPSA) is 62.5 Å². The van der Waals surface area contributed by atoms with Gasteiger partial charge in [-0.2, -0.15) is 15.5 Å². The fourth-order valence-electron chi connectivity index (χ4n) is 2.39. The van der Waals surface area contributed by atoms with Crippen molar-refractivity contribution in [2.24, 2.45) is 0 Å². The molecule has 4 nitrogen and oxygen atoms in total. The second kappa shape index (κ2) is 4.93. The van der Waals surface area contributed by atoms with Crippen molar-refractivity contribution in [2.45, 2.75) is 46.5 Å². The zero-order valence-corrected chi connectivity index (χ0v) is 12.0. The third-order valence-electron chi connectivity index (χ3n) is 3.29. The molecule has 4 heteroatoms. The van der Waals surface area contributed by atoms with Crippen molar-refractivity contribution >= 4 is 10.9 Å². The van der Waals surface area contributed by atoms with Crippen molar-refractivity contribution in [1.82, 2.24) is 15.2 Å². The minimum absolute atomic E-state index is 0.253. The van der Waals surface area contributed by atoms with E-state index in [-0.39, 0.29) is 11.8 Å². The van der Waals surface area contributed by atoms with Gasteiger partial charge >= 0.3 is 0 Å². The summed E-state index contributed by atoms with van der Waals surface area (Å²) >= 11 is 0. The third kappa shape index (κ3) is 2.17. The highest BCUT2D eigenvalue weighted by Crippen LogP contribution is 2.31. The summed E-state index contributed by atoms with van der Waals surface area (Å²) in [6, 6.07) is 2.28. The molecular formula is C15H18N4. The molecule has 0 aliphatic heterocycles. The van der Waals surface area contributed by atoms with Crippen molar-refractivity contribution in [3.8, 4) is 6.07 Å². The van der Waals surface area contributed by atoms with E-state index >= 15 is 0 Å². The molecule has 2 aromatic heterocycles. The highest BCUT2D eigenvalue weighted by atomic mass is 15.1. The van der Waals surface area contributed by atoms with Crippen LogP contribution >= 0.6 is 0 Å². The lowest BCUT2D eigenvalue weighted by Gasteiger charge is -2.15. The zero-order valence-electron chi connectivity index (χ0n) is 12.0. The van der Waals surface area contributed by atoms with Crippen LogP contribution in [-0.2, 0) is 0 Å². The average molecular weight is 254 g/mol. The van der Waals surface area contributed by atoms with Crippen molar-refractivity contribution in [1.29, 1.82) is 5.26 Å². The molecule has 0 saturated heterocycles. The smallest absolute Gasteiger partial charge is 0.101 e. The summed E-state index contributed by atoms with van der Waals surface area (Å²) in [4.78, 5) is 4.59. The Morgan fingerprint density at radius 3 is 2.37 bits per heavy atom. The largest absolute Gasteiger partial charge is 0.250 e. The maximum Gasteiger partial charge on any atom is 0.101 e. The maximum absolute atomic E-state index is 9.36. The molecule has 2 aromatic rings. The number of hydrogen-bond donors (Lipinski definition) is 0. The first kappa shape index (κ1) is 13.4. The molecule has 2 rings (SSSR count). The molecule has 0 aliphatic rings. The van der Waals surface area contributed by atoms with Crippen LogP contribution in [0, 0.1) is 18.3 Å². The first-order valence-electron chi connectivity index (χ1n) is 6.53. The molecule has 2 heterocycles. The van der Waals surface area contributed by atoms with Crippen LogP contribution in [0.5, 0.6) is 0 Å². The monoisotopic (exact) mass is 254 g/mol. The van der Waals surface area contributed by atoms with Gasteiger partial charge in [0, 0.05) is 5.39 Å². The summed E-state index contributed by atoms with van der Waals surface area (Å²) < 4.78 is 0. The van der Waals surface area contributed by atoms with E-state index in [9.17, 15) is 5.26 Å². The van der Waals surface area contributed by atoms with E-state index in [1.165, 1.54) is 0 Å². The molecule has 19 heavy (non-hydrogen) atoms. The summed E-state index contributed by atoms with van der Waals surface area (Å²) in [7, 11) is 0. The van der Waals surface area contributed by atoms with Gasteiger partial charge in [-0.3, -0.25) is 0 Å². The van der Waals surface area contributed by atoms with Crippen molar-refractivity contribution in [3.05, 3.63) is 28.7 Å². The minimum Gasteiger partial charge on any atom is -0.250 e. The SMILES string of the molecule is Cc1nc2c(C(C)C)nncc2c(C(C)C)c1C#N. The first-order chi connectivity index (χ1) is 8.97. The maximum atomic E-state index is 9.36. The van der Waals surface area contributed by atoms with Crippen LogP contribution in [0.15, 0.2) is 6.20 Å². The Balaban J connectivity index is 2.96. The second-order valence-corrected chi connectivity index (χ2v) is 5.40. The van der Waals surface area contributed by atoms with Gasteiger partial charge in [-0.05, 0) is 24.3 Å². The van der Waals surface area contributed by atoms with E-state index < -0.39 is 0 Å². The van der Waals surface area contributed by atoms with E-state index in [1.807, 2.05) is 6.92 Å². The number of aryl methyl sites for hydroxylation is 1. The molecule has 0 aromatic carbocycles. The highest BCUT2D eigenvalue weighted by Gasteiger charge is 2.19. The van der Waals surface area contributed by atoms with Crippen LogP contribution in [0.1, 0.15) is 62.0 Å². The lowest BCUT2D eigenvalue weighted by molar-refractivity contribution is 0.790. The fraction of sp³-hybridized carbons (Fsp3) is 0.467. The summed E-state index contributed by atoms with van der Waals surface area (Å²) in [6.45, 7) is 10.2. The van der Waals surface area contributed by atoms with Crippen LogP contribution in [-0.4, -0.2) is 15.2 Å². The molecule has 0 unspecified atom stereocenters. The lowest BCUT2D eigenvalue weighted by Crippen LogP contribution is -2.05. The number of aromatic nitrogens is 3. The Labute approximate surface area is 113 Å². The van der Waals surface area contributed by atoms with E-state index in [1.54, 1.807) is 6.20 Å². The Bertz CT molecular complexity index is 666. The van der Waals surface area contributed by atoms with Crippen LogP contribution in [0.4, 0.5) is 0 Å². The number of rotatable bonds is 2. The lowest BCUT2D eigenvalue weighted by atomic mass is 9.92. The van der Waals surface area contributed by atoms with Crippen molar-refractivity contribution < 1.29 is 0 Å². The molecule has 0 amide bonds. The second-order valence-electron chi connectivity index (χ2n) is 5.40. The molecule has 0 fully saturated rings. The van der Waals surface area contributed by atoms with Gasteiger partial charge in [-0.1, -0.05) is 27.7 Å². The average Bonchev–Trinajstić information content (AvgIpc) is 2.35. The van der Waals surface area contributed by atoms with Crippen LogP contribution in [0.25, 0.3) is 10.9 Å². The van der Waals surface area contributed by atoms with Crippen molar-refractivity contribution in [2.75, 3.05) is 0 Å². The van der Waals surface area contributed by atoms with Crippen LogP contribution in [0.3, 0.4) is 0 Å². The molecule has 98 valence electrons. The molecule has 0 spiro atoms. The summed E-state index contributed by atoms with van der Waals surface area (Å²) in [5, 5.41) is 18.6. The number of hydrogen-bond acceptors (Lipinski definition) is 4. The molecular weight excluding hydrogens is 236 g/mol. The molecule has 0 radical (unpaired) electrons. The summed E-state index contributed by atoms with van der Waals surface area (Å²) in [5.41, 5.74) is 4.25. The van der Waals surface area contributed by atoms with E-state index in [0.29, 0.717) is 5.56 Å². The number of pyridine rings is 1. The molecule has 0 aliphatic carbocycles. The van der Waals surface area contributed by atoms with E-state index in [0.717, 1.165) is 27.9 Å². The van der Waals surface area contributed by atoms with Gasteiger partial charge in [0.1, 0.15) is 6.07 Å². The third-order valence-corrected chi connectivity index (χ3v) is 3.29. The quantitative estimate of drug-likeness (QED) is 0.823. The van der Waals surface area contributed by atoms with Gasteiger partial charge in [0.15, 0.2) is 0 Å². The fourth-order valence-corrected chi connectivity index (χ4v) is 2.39.